The highest BCUT2D eigenvalue weighted by Gasteiger charge is 2.21. The molecule has 1 saturated heterocycles. The van der Waals surface area contributed by atoms with E-state index in [4.69, 9.17) is 21.4 Å². The minimum absolute atomic E-state index is 0.0282. The molecule has 1 aliphatic heterocycles. The van der Waals surface area contributed by atoms with Crippen LogP contribution in [0.3, 0.4) is 0 Å². The Labute approximate surface area is 206 Å². The van der Waals surface area contributed by atoms with Crippen molar-refractivity contribution in [3.05, 3.63) is 40.9 Å². The molecule has 0 radical (unpaired) electrons. The van der Waals surface area contributed by atoms with E-state index in [0.29, 0.717) is 50.6 Å². The van der Waals surface area contributed by atoms with Gasteiger partial charge in [0.25, 0.3) is 5.91 Å². The lowest BCUT2D eigenvalue weighted by Gasteiger charge is -2.26. The van der Waals surface area contributed by atoms with Crippen molar-refractivity contribution in [1.82, 2.24) is 34.9 Å². The number of nitrogens with one attached hydrogen (secondary N) is 2. The van der Waals surface area contributed by atoms with Crippen molar-refractivity contribution in [2.24, 2.45) is 0 Å². The highest BCUT2D eigenvalue weighted by molar-refractivity contribution is 6.31. The maximum atomic E-state index is 15.1. The summed E-state index contributed by atoms with van der Waals surface area (Å²) in [5, 5.41) is 8.22. The first-order chi connectivity index (χ1) is 16.9. The second-order valence-corrected chi connectivity index (χ2v) is 9.38. The molecular formula is C24H27ClFN7O2. The highest BCUT2D eigenvalue weighted by Crippen LogP contribution is 2.32. The predicted octanol–water partition coefficient (Wildman–Crippen LogP) is 3.63. The molecule has 184 valence electrons. The molecule has 3 aromatic heterocycles. The van der Waals surface area contributed by atoms with E-state index in [0.717, 1.165) is 39.3 Å². The van der Waals surface area contributed by atoms with Crippen LogP contribution in [0, 0.1) is 5.82 Å². The quantitative estimate of drug-likeness (QED) is 0.403. The average Bonchev–Trinajstić information content (AvgIpc) is 3.41. The highest BCUT2D eigenvalue weighted by atomic mass is 35.5. The molecule has 1 aliphatic rings. The van der Waals surface area contributed by atoms with Crippen molar-refractivity contribution >= 4 is 39.6 Å². The number of benzene rings is 1. The number of carbonyl (C=O) groups is 1. The Hall–Kier alpha value is -3.08. The van der Waals surface area contributed by atoms with E-state index in [9.17, 15) is 4.79 Å². The molecule has 1 aromatic carbocycles. The lowest BCUT2D eigenvalue weighted by molar-refractivity contribution is 0.0368. The van der Waals surface area contributed by atoms with Crippen LogP contribution < -0.4 is 5.32 Å². The van der Waals surface area contributed by atoms with E-state index >= 15 is 4.39 Å². The Morgan fingerprint density at radius 3 is 2.86 bits per heavy atom. The molecule has 4 heterocycles. The number of hydrogen-bond donors (Lipinski definition) is 2. The lowest BCUT2D eigenvalue weighted by atomic mass is 10.1. The van der Waals surface area contributed by atoms with Crippen molar-refractivity contribution in [1.29, 1.82) is 0 Å². The number of ether oxygens (including phenoxy) is 1. The van der Waals surface area contributed by atoms with Crippen LogP contribution in [0.1, 0.15) is 30.6 Å². The van der Waals surface area contributed by atoms with Crippen LogP contribution in [-0.2, 0) is 11.3 Å². The lowest BCUT2D eigenvalue weighted by Crippen LogP contribution is -2.37. The number of amides is 1. The standard InChI is InChI=1S/C24H27ClFN7O2/c1-14(2)29-24(34)16-12-27-23-21(16)30-18(13-28-23)22-20-17(26)10-15(25)11-19(20)33(31-22)5-3-4-32-6-8-35-9-7-32/h10-14H,3-9H2,1-2H3,(H,27,28)(H,29,34). The second-order valence-electron chi connectivity index (χ2n) is 8.94. The Kier molecular flexibility index (Phi) is 6.68. The number of hydrogen-bond acceptors (Lipinski definition) is 6. The monoisotopic (exact) mass is 499 g/mol. The summed E-state index contributed by atoms with van der Waals surface area (Å²) >= 11 is 6.19. The molecule has 9 nitrogen and oxygen atoms in total. The number of halogens is 2. The molecule has 0 bridgehead atoms. The Morgan fingerprint density at radius 2 is 2.09 bits per heavy atom. The summed E-state index contributed by atoms with van der Waals surface area (Å²) in [4.78, 5) is 27.0. The molecule has 11 heteroatoms. The summed E-state index contributed by atoms with van der Waals surface area (Å²) in [6, 6.07) is 2.96. The van der Waals surface area contributed by atoms with Crippen LogP contribution in [-0.4, -0.2) is 74.4 Å². The molecule has 1 amide bonds. The molecule has 0 saturated carbocycles. The fourth-order valence-electron chi connectivity index (χ4n) is 4.36. The molecule has 0 aliphatic carbocycles. The number of fused-ring (bicyclic) bond motifs is 2. The van der Waals surface area contributed by atoms with Crippen molar-refractivity contribution in [2.75, 3.05) is 32.8 Å². The SMILES string of the molecule is CC(C)NC(=O)c1c[nH]c2ncc(-c3nn(CCCN4CCOCC4)c4cc(Cl)cc(F)c34)nc12. The van der Waals surface area contributed by atoms with Gasteiger partial charge in [0, 0.05) is 43.4 Å². The molecular weight excluding hydrogens is 473 g/mol. The molecule has 1 fully saturated rings. The van der Waals surface area contributed by atoms with Gasteiger partial charge in [0.2, 0.25) is 0 Å². The first kappa shape index (κ1) is 23.7. The minimum Gasteiger partial charge on any atom is -0.379 e. The smallest absolute Gasteiger partial charge is 0.255 e. The normalized spacial score (nSPS) is 14.9. The van der Waals surface area contributed by atoms with E-state index in [2.05, 4.69) is 25.2 Å². The summed E-state index contributed by atoms with van der Waals surface area (Å²) in [6.07, 6.45) is 3.96. The molecule has 0 unspecified atom stereocenters. The van der Waals surface area contributed by atoms with Gasteiger partial charge in [-0.3, -0.25) is 14.4 Å². The topological polar surface area (TPSA) is 101 Å². The van der Waals surface area contributed by atoms with Gasteiger partial charge in [-0.2, -0.15) is 5.10 Å². The number of carbonyl (C=O) groups excluding carboxylic acids is 1. The third-order valence-electron chi connectivity index (χ3n) is 6.01. The maximum Gasteiger partial charge on any atom is 0.255 e. The van der Waals surface area contributed by atoms with Crippen LogP contribution in [0.2, 0.25) is 5.02 Å². The molecule has 5 rings (SSSR count). The van der Waals surface area contributed by atoms with Crippen molar-refractivity contribution in [3.8, 4) is 11.4 Å². The fraction of sp³-hybridized carbons (Fsp3) is 0.417. The number of morpholine rings is 1. The van der Waals surface area contributed by atoms with Gasteiger partial charge in [0.05, 0.1) is 35.9 Å². The third kappa shape index (κ3) is 4.86. The molecule has 4 aromatic rings. The van der Waals surface area contributed by atoms with Gasteiger partial charge in [-0.05, 0) is 32.4 Å². The Balaban J connectivity index is 1.51. The first-order valence-corrected chi connectivity index (χ1v) is 12.1. The number of aromatic nitrogens is 5. The Bertz CT molecular complexity index is 1380. The van der Waals surface area contributed by atoms with Crippen LogP contribution in [0.15, 0.2) is 24.5 Å². The van der Waals surface area contributed by atoms with Crippen LogP contribution in [0.4, 0.5) is 4.39 Å². The van der Waals surface area contributed by atoms with E-state index in [1.54, 1.807) is 16.9 Å². The summed E-state index contributed by atoms with van der Waals surface area (Å²) in [7, 11) is 0. The van der Waals surface area contributed by atoms with Gasteiger partial charge in [0.15, 0.2) is 5.65 Å². The maximum absolute atomic E-state index is 15.1. The van der Waals surface area contributed by atoms with Crippen molar-refractivity contribution < 1.29 is 13.9 Å². The zero-order valence-electron chi connectivity index (χ0n) is 19.6. The van der Waals surface area contributed by atoms with Crippen LogP contribution >= 0.6 is 11.6 Å². The number of nitrogens with zero attached hydrogens (tertiary/aromatic N) is 5. The van der Waals surface area contributed by atoms with Gasteiger partial charge >= 0.3 is 0 Å². The number of H-pyrrole nitrogens is 1. The summed E-state index contributed by atoms with van der Waals surface area (Å²) in [5.41, 5.74) is 2.60. The third-order valence-corrected chi connectivity index (χ3v) is 6.22. The number of aryl methyl sites for hydroxylation is 1. The zero-order valence-corrected chi connectivity index (χ0v) is 20.4. The van der Waals surface area contributed by atoms with Gasteiger partial charge in [-0.1, -0.05) is 11.6 Å². The number of rotatable bonds is 7. The van der Waals surface area contributed by atoms with Crippen molar-refractivity contribution in [3.63, 3.8) is 0 Å². The molecule has 35 heavy (non-hydrogen) atoms. The van der Waals surface area contributed by atoms with E-state index < -0.39 is 5.82 Å². The molecule has 0 spiro atoms. The predicted molar refractivity (Wildman–Crippen MR) is 132 cm³/mol. The summed E-state index contributed by atoms with van der Waals surface area (Å²) in [6.45, 7) is 8.56. The van der Waals surface area contributed by atoms with Crippen LogP contribution in [0.25, 0.3) is 33.5 Å². The molecule has 0 atom stereocenters. The van der Waals surface area contributed by atoms with E-state index in [1.165, 1.54) is 12.3 Å². The molecule has 2 N–H and O–H groups in total. The van der Waals surface area contributed by atoms with Gasteiger partial charge in [0.1, 0.15) is 22.7 Å². The summed E-state index contributed by atoms with van der Waals surface area (Å²) < 4.78 is 22.3. The average molecular weight is 500 g/mol. The van der Waals surface area contributed by atoms with Gasteiger partial charge < -0.3 is 15.0 Å². The largest absolute Gasteiger partial charge is 0.379 e. The Morgan fingerprint density at radius 1 is 1.29 bits per heavy atom. The fourth-order valence-corrected chi connectivity index (χ4v) is 4.56. The van der Waals surface area contributed by atoms with Gasteiger partial charge in [-0.15, -0.1) is 0 Å². The second kappa shape index (κ2) is 9.88. The zero-order chi connectivity index (χ0) is 24.5. The number of aromatic amines is 1. The minimum atomic E-state index is -0.476. The van der Waals surface area contributed by atoms with Crippen LogP contribution in [0.5, 0.6) is 0 Å². The van der Waals surface area contributed by atoms with E-state index in [1.807, 2.05) is 13.8 Å². The van der Waals surface area contributed by atoms with E-state index in [-0.39, 0.29) is 11.9 Å². The summed E-state index contributed by atoms with van der Waals surface area (Å²) in [5.74, 6) is -0.732. The first-order valence-electron chi connectivity index (χ1n) is 11.7. The van der Waals surface area contributed by atoms with Crippen molar-refractivity contribution in [2.45, 2.75) is 32.9 Å². The van der Waals surface area contributed by atoms with Gasteiger partial charge in [-0.25, -0.2) is 14.4 Å².